The summed E-state index contributed by atoms with van der Waals surface area (Å²) in [5.41, 5.74) is 3.93. The Hall–Kier alpha value is -1.13. The Kier molecular flexibility index (Phi) is 2.11. The minimum Gasteiger partial charge on any atom is -0.312 e. The maximum absolute atomic E-state index is 4.59. The Bertz CT molecular complexity index is 470. The average molecular weight is 219 g/mol. The SMILES string of the molecule is Cn1nc2c(c1-c1cccs1)CNCC2. The zero-order chi connectivity index (χ0) is 10.3. The van der Waals surface area contributed by atoms with Crippen LogP contribution in [0.4, 0.5) is 0 Å². The summed E-state index contributed by atoms with van der Waals surface area (Å²) in [6.07, 6.45) is 1.05. The highest BCUT2D eigenvalue weighted by molar-refractivity contribution is 7.13. The van der Waals surface area contributed by atoms with Gasteiger partial charge in [-0.3, -0.25) is 4.68 Å². The first-order valence-corrected chi connectivity index (χ1v) is 6.03. The van der Waals surface area contributed by atoms with Crippen LogP contribution in [0.2, 0.25) is 0 Å². The third kappa shape index (κ3) is 1.41. The standard InChI is InChI=1S/C11H13N3S/c1-14-11(10-3-2-6-15-10)8-7-12-5-4-9(8)13-14/h2-3,6,12H,4-5,7H2,1H3. The molecule has 0 spiro atoms. The second kappa shape index (κ2) is 3.47. The van der Waals surface area contributed by atoms with Crippen LogP contribution in [0.3, 0.4) is 0 Å². The summed E-state index contributed by atoms with van der Waals surface area (Å²) >= 11 is 1.78. The zero-order valence-electron chi connectivity index (χ0n) is 8.66. The van der Waals surface area contributed by atoms with Crippen molar-refractivity contribution in [1.82, 2.24) is 15.1 Å². The fraction of sp³-hybridized carbons (Fsp3) is 0.364. The molecule has 0 saturated carbocycles. The van der Waals surface area contributed by atoms with E-state index in [2.05, 4.69) is 27.9 Å². The molecule has 4 heteroatoms. The van der Waals surface area contributed by atoms with Gasteiger partial charge in [0.1, 0.15) is 0 Å². The van der Waals surface area contributed by atoms with Gasteiger partial charge in [-0.25, -0.2) is 0 Å². The van der Waals surface area contributed by atoms with Gasteiger partial charge in [0.25, 0.3) is 0 Å². The van der Waals surface area contributed by atoms with Gasteiger partial charge in [-0.15, -0.1) is 11.3 Å². The molecular weight excluding hydrogens is 206 g/mol. The molecule has 0 unspecified atom stereocenters. The minimum absolute atomic E-state index is 0.955. The van der Waals surface area contributed by atoms with Crippen molar-refractivity contribution in [3.8, 4) is 10.6 Å². The molecule has 0 aliphatic carbocycles. The van der Waals surface area contributed by atoms with Crippen molar-refractivity contribution in [3.63, 3.8) is 0 Å². The lowest BCUT2D eigenvalue weighted by atomic mass is 10.1. The van der Waals surface area contributed by atoms with Crippen molar-refractivity contribution in [3.05, 3.63) is 28.8 Å². The molecule has 3 heterocycles. The van der Waals surface area contributed by atoms with Gasteiger partial charge >= 0.3 is 0 Å². The molecule has 0 amide bonds. The summed E-state index contributed by atoms with van der Waals surface area (Å²) in [6, 6.07) is 4.26. The largest absolute Gasteiger partial charge is 0.312 e. The van der Waals surface area contributed by atoms with Crippen molar-refractivity contribution in [1.29, 1.82) is 0 Å². The maximum atomic E-state index is 4.59. The number of nitrogens with one attached hydrogen (secondary N) is 1. The van der Waals surface area contributed by atoms with E-state index in [1.165, 1.54) is 21.8 Å². The molecule has 3 nitrogen and oxygen atoms in total. The van der Waals surface area contributed by atoms with Gasteiger partial charge in [-0.1, -0.05) is 6.07 Å². The molecule has 2 aromatic rings. The lowest BCUT2D eigenvalue weighted by Gasteiger charge is -2.12. The summed E-state index contributed by atoms with van der Waals surface area (Å²) in [6.45, 7) is 2.00. The fourth-order valence-corrected chi connectivity index (χ4v) is 2.98. The van der Waals surface area contributed by atoms with Crippen LogP contribution in [0.1, 0.15) is 11.3 Å². The number of nitrogens with zero attached hydrogens (tertiary/aromatic N) is 2. The molecule has 0 radical (unpaired) electrons. The summed E-state index contributed by atoms with van der Waals surface area (Å²) in [5.74, 6) is 0. The van der Waals surface area contributed by atoms with Gasteiger partial charge in [0.05, 0.1) is 16.3 Å². The first-order valence-electron chi connectivity index (χ1n) is 5.15. The van der Waals surface area contributed by atoms with E-state index in [0.717, 1.165) is 19.5 Å². The minimum atomic E-state index is 0.955. The van der Waals surface area contributed by atoms with E-state index >= 15 is 0 Å². The van der Waals surface area contributed by atoms with Crippen molar-refractivity contribution in [2.24, 2.45) is 7.05 Å². The van der Waals surface area contributed by atoms with Crippen LogP contribution in [0.5, 0.6) is 0 Å². The normalized spacial score (nSPS) is 15.3. The lowest BCUT2D eigenvalue weighted by Crippen LogP contribution is -2.23. The third-order valence-corrected chi connectivity index (χ3v) is 3.70. The topological polar surface area (TPSA) is 29.9 Å². The summed E-state index contributed by atoms with van der Waals surface area (Å²) in [7, 11) is 2.04. The second-order valence-corrected chi connectivity index (χ2v) is 4.75. The Morgan fingerprint density at radius 3 is 3.27 bits per heavy atom. The van der Waals surface area contributed by atoms with E-state index in [1.807, 2.05) is 11.7 Å². The first-order chi connectivity index (χ1) is 7.36. The maximum Gasteiger partial charge on any atom is 0.0826 e. The summed E-state index contributed by atoms with van der Waals surface area (Å²) in [4.78, 5) is 1.31. The van der Waals surface area contributed by atoms with E-state index in [-0.39, 0.29) is 0 Å². The molecule has 0 bridgehead atoms. The van der Waals surface area contributed by atoms with Crippen LogP contribution in [0.15, 0.2) is 17.5 Å². The van der Waals surface area contributed by atoms with Crippen LogP contribution in [-0.4, -0.2) is 16.3 Å². The molecule has 0 fully saturated rings. The molecule has 1 N–H and O–H groups in total. The molecule has 15 heavy (non-hydrogen) atoms. The van der Waals surface area contributed by atoms with Gasteiger partial charge in [0.2, 0.25) is 0 Å². The van der Waals surface area contributed by atoms with E-state index in [9.17, 15) is 0 Å². The van der Waals surface area contributed by atoms with Crippen molar-refractivity contribution < 1.29 is 0 Å². The quantitative estimate of drug-likeness (QED) is 0.792. The number of aromatic nitrogens is 2. The molecule has 78 valence electrons. The van der Waals surface area contributed by atoms with Crippen LogP contribution in [0, 0.1) is 0 Å². The number of thiophene rings is 1. The van der Waals surface area contributed by atoms with E-state index in [4.69, 9.17) is 0 Å². The third-order valence-electron chi connectivity index (χ3n) is 2.82. The Balaban J connectivity index is 2.18. The van der Waals surface area contributed by atoms with Crippen LogP contribution >= 0.6 is 11.3 Å². The van der Waals surface area contributed by atoms with Gasteiger partial charge in [0, 0.05) is 32.1 Å². The number of aryl methyl sites for hydroxylation is 1. The van der Waals surface area contributed by atoms with Crippen LogP contribution in [-0.2, 0) is 20.0 Å². The second-order valence-electron chi connectivity index (χ2n) is 3.80. The van der Waals surface area contributed by atoms with E-state index in [1.54, 1.807) is 11.3 Å². The van der Waals surface area contributed by atoms with Crippen molar-refractivity contribution in [2.45, 2.75) is 13.0 Å². The number of hydrogen-bond acceptors (Lipinski definition) is 3. The number of rotatable bonds is 1. The molecule has 1 aliphatic rings. The van der Waals surface area contributed by atoms with Crippen LogP contribution < -0.4 is 5.32 Å². The fourth-order valence-electron chi connectivity index (χ4n) is 2.15. The Morgan fingerprint density at radius 1 is 1.53 bits per heavy atom. The molecular formula is C11H13N3S. The first kappa shape index (κ1) is 9.12. The van der Waals surface area contributed by atoms with E-state index in [0.29, 0.717) is 0 Å². The predicted molar refractivity (Wildman–Crippen MR) is 61.9 cm³/mol. The predicted octanol–water partition coefficient (Wildman–Crippen LogP) is 1.79. The van der Waals surface area contributed by atoms with Crippen LogP contribution in [0.25, 0.3) is 10.6 Å². The zero-order valence-corrected chi connectivity index (χ0v) is 9.47. The van der Waals surface area contributed by atoms with Gasteiger partial charge < -0.3 is 5.32 Å². The highest BCUT2D eigenvalue weighted by Gasteiger charge is 2.20. The average Bonchev–Trinajstić information content (AvgIpc) is 2.82. The highest BCUT2D eigenvalue weighted by Crippen LogP contribution is 2.30. The molecule has 0 saturated heterocycles. The van der Waals surface area contributed by atoms with Crippen molar-refractivity contribution >= 4 is 11.3 Å². The van der Waals surface area contributed by atoms with Gasteiger partial charge in [-0.05, 0) is 11.4 Å². The Labute approximate surface area is 92.7 Å². The monoisotopic (exact) mass is 219 g/mol. The van der Waals surface area contributed by atoms with Gasteiger partial charge in [-0.2, -0.15) is 5.10 Å². The number of fused-ring (bicyclic) bond motifs is 1. The lowest BCUT2D eigenvalue weighted by molar-refractivity contribution is 0.633. The smallest absolute Gasteiger partial charge is 0.0826 e. The summed E-state index contributed by atoms with van der Waals surface area (Å²) in [5, 5.41) is 10.1. The molecule has 0 atom stereocenters. The molecule has 0 aromatic carbocycles. The molecule has 3 rings (SSSR count). The van der Waals surface area contributed by atoms with Gasteiger partial charge in [0.15, 0.2) is 0 Å². The van der Waals surface area contributed by atoms with E-state index < -0.39 is 0 Å². The van der Waals surface area contributed by atoms with Crippen molar-refractivity contribution in [2.75, 3.05) is 6.54 Å². The summed E-state index contributed by atoms with van der Waals surface area (Å²) < 4.78 is 2.02. The molecule has 2 aromatic heterocycles. The highest BCUT2D eigenvalue weighted by atomic mass is 32.1. The Morgan fingerprint density at radius 2 is 2.47 bits per heavy atom. The molecule has 1 aliphatic heterocycles. The number of hydrogen-bond donors (Lipinski definition) is 1.